The lowest BCUT2D eigenvalue weighted by Gasteiger charge is -2.12. The second-order valence-electron chi connectivity index (χ2n) is 4.23. The van der Waals surface area contributed by atoms with Crippen LogP contribution in [-0.4, -0.2) is 22.6 Å². The molecule has 0 radical (unpaired) electrons. The second-order valence-corrected chi connectivity index (χ2v) is 4.23. The third kappa shape index (κ3) is 3.44. The summed E-state index contributed by atoms with van der Waals surface area (Å²) in [5.41, 5.74) is 8.40. The summed E-state index contributed by atoms with van der Waals surface area (Å²) in [5, 5.41) is 13.7. The lowest BCUT2D eigenvalue weighted by Crippen LogP contribution is -2.24. The lowest BCUT2D eigenvalue weighted by molar-refractivity contribution is 0.0956. The van der Waals surface area contributed by atoms with Crippen molar-refractivity contribution in [1.29, 1.82) is 0 Å². The fourth-order valence-electron chi connectivity index (χ4n) is 1.78. The molecule has 0 aliphatic rings. The standard InChI is InChI=1S/C14H17N5O/c1-2-16-14(20)12-6-5-10(15)8-13(12)17-9-11-4-3-7-18-19-11/h3-8,17H,2,9,15H2,1H3,(H,16,20). The normalized spacial score (nSPS) is 10.1. The van der Waals surface area contributed by atoms with Crippen molar-refractivity contribution in [3.05, 3.63) is 47.8 Å². The number of anilines is 2. The summed E-state index contributed by atoms with van der Waals surface area (Å²) in [6.07, 6.45) is 1.62. The number of rotatable bonds is 5. The fourth-order valence-corrected chi connectivity index (χ4v) is 1.78. The largest absolute Gasteiger partial charge is 0.399 e. The maximum Gasteiger partial charge on any atom is 0.253 e. The highest BCUT2D eigenvalue weighted by Crippen LogP contribution is 2.19. The van der Waals surface area contributed by atoms with Crippen molar-refractivity contribution in [2.45, 2.75) is 13.5 Å². The van der Waals surface area contributed by atoms with Gasteiger partial charge in [0.2, 0.25) is 0 Å². The van der Waals surface area contributed by atoms with Gasteiger partial charge in [0.05, 0.1) is 17.8 Å². The molecule has 1 amide bonds. The maximum atomic E-state index is 12.0. The molecule has 0 atom stereocenters. The van der Waals surface area contributed by atoms with Gasteiger partial charge in [0.25, 0.3) is 5.91 Å². The molecule has 4 N–H and O–H groups in total. The number of nitrogens with one attached hydrogen (secondary N) is 2. The number of carbonyl (C=O) groups excluding carboxylic acids is 1. The molecule has 1 aromatic heterocycles. The quantitative estimate of drug-likeness (QED) is 0.715. The van der Waals surface area contributed by atoms with Gasteiger partial charge in [0.15, 0.2) is 0 Å². The zero-order valence-electron chi connectivity index (χ0n) is 11.3. The second kappa shape index (κ2) is 6.51. The van der Waals surface area contributed by atoms with E-state index in [1.54, 1.807) is 24.4 Å². The predicted octanol–water partition coefficient (Wildman–Crippen LogP) is 1.42. The molecule has 2 aromatic rings. The Morgan fingerprint density at radius 1 is 1.35 bits per heavy atom. The summed E-state index contributed by atoms with van der Waals surface area (Å²) in [5.74, 6) is -0.130. The molecule has 0 aliphatic carbocycles. The molecule has 0 saturated carbocycles. The van der Waals surface area contributed by atoms with Gasteiger partial charge in [-0.05, 0) is 37.3 Å². The van der Waals surface area contributed by atoms with E-state index < -0.39 is 0 Å². The molecule has 0 saturated heterocycles. The van der Waals surface area contributed by atoms with Gasteiger partial charge in [-0.25, -0.2) is 0 Å². The van der Waals surface area contributed by atoms with Gasteiger partial charge in [-0.1, -0.05) is 0 Å². The van der Waals surface area contributed by atoms with Crippen LogP contribution in [0.2, 0.25) is 0 Å². The maximum absolute atomic E-state index is 12.0. The summed E-state index contributed by atoms with van der Waals surface area (Å²) in [6, 6.07) is 8.82. The number of hydrogen-bond donors (Lipinski definition) is 3. The average molecular weight is 271 g/mol. The minimum Gasteiger partial charge on any atom is -0.399 e. The Balaban J connectivity index is 2.17. The van der Waals surface area contributed by atoms with Crippen LogP contribution in [-0.2, 0) is 6.54 Å². The molecular formula is C14H17N5O. The van der Waals surface area contributed by atoms with Crippen molar-refractivity contribution in [2.24, 2.45) is 0 Å². The molecule has 6 nitrogen and oxygen atoms in total. The summed E-state index contributed by atoms with van der Waals surface area (Å²) < 4.78 is 0. The minimum atomic E-state index is -0.130. The highest BCUT2D eigenvalue weighted by Gasteiger charge is 2.10. The van der Waals surface area contributed by atoms with Gasteiger partial charge in [-0.15, -0.1) is 0 Å². The molecular weight excluding hydrogens is 254 g/mol. The molecule has 1 aromatic carbocycles. The first kappa shape index (κ1) is 13.8. The topological polar surface area (TPSA) is 92.9 Å². The van der Waals surface area contributed by atoms with Crippen molar-refractivity contribution in [3.8, 4) is 0 Å². The highest BCUT2D eigenvalue weighted by molar-refractivity contribution is 6.00. The molecule has 104 valence electrons. The van der Waals surface area contributed by atoms with Crippen LogP contribution in [0.4, 0.5) is 11.4 Å². The average Bonchev–Trinajstić information content (AvgIpc) is 2.46. The number of benzene rings is 1. The van der Waals surface area contributed by atoms with Crippen LogP contribution < -0.4 is 16.4 Å². The SMILES string of the molecule is CCNC(=O)c1ccc(N)cc1NCc1cccnn1. The van der Waals surface area contributed by atoms with Crippen LogP contribution in [0.15, 0.2) is 36.5 Å². The minimum absolute atomic E-state index is 0.130. The first-order valence-electron chi connectivity index (χ1n) is 6.39. The van der Waals surface area contributed by atoms with E-state index in [0.717, 1.165) is 5.69 Å². The van der Waals surface area contributed by atoms with Gasteiger partial charge in [0, 0.05) is 24.1 Å². The first-order valence-corrected chi connectivity index (χ1v) is 6.39. The van der Waals surface area contributed by atoms with E-state index in [0.29, 0.717) is 30.0 Å². The number of carbonyl (C=O) groups is 1. The predicted molar refractivity (Wildman–Crippen MR) is 78.2 cm³/mol. The van der Waals surface area contributed by atoms with Crippen LogP contribution >= 0.6 is 0 Å². The van der Waals surface area contributed by atoms with Gasteiger partial charge in [0.1, 0.15) is 0 Å². The molecule has 1 heterocycles. The molecule has 0 bridgehead atoms. The van der Waals surface area contributed by atoms with Crippen LogP contribution in [0.3, 0.4) is 0 Å². The Hall–Kier alpha value is -2.63. The Morgan fingerprint density at radius 2 is 2.20 bits per heavy atom. The Morgan fingerprint density at radius 3 is 2.90 bits per heavy atom. The highest BCUT2D eigenvalue weighted by atomic mass is 16.1. The van der Waals surface area contributed by atoms with Gasteiger partial charge in [-0.3, -0.25) is 4.79 Å². The van der Waals surface area contributed by atoms with Crippen LogP contribution in [0, 0.1) is 0 Å². The number of amides is 1. The Labute approximate surface area is 117 Å². The molecule has 0 spiro atoms. The zero-order valence-corrected chi connectivity index (χ0v) is 11.3. The van der Waals surface area contributed by atoms with Crippen LogP contribution in [0.25, 0.3) is 0 Å². The van der Waals surface area contributed by atoms with Gasteiger partial charge in [-0.2, -0.15) is 10.2 Å². The fraction of sp³-hybridized carbons (Fsp3) is 0.214. The number of aromatic nitrogens is 2. The van der Waals surface area contributed by atoms with E-state index in [4.69, 9.17) is 5.73 Å². The third-order valence-corrected chi connectivity index (χ3v) is 2.71. The van der Waals surface area contributed by atoms with E-state index in [1.807, 2.05) is 19.1 Å². The summed E-state index contributed by atoms with van der Waals surface area (Å²) in [6.45, 7) is 2.93. The van der Waals surface area contributed by atoms with Crippen LogP contribution in [0.1, 0.15) is 23.0 Å². The molecule has 0 unspecified atom stereocenters. The van der Waals surface area contributed by atoms with Crippen molar-refractivity contribution in [3.63, 3.8) is 0 Å². The van der Waals surface area contributed by atoms with Gasteiger partial charge < -0.3 is 16.4 Å². The molecule has 20 heavy (non-hydrogen) atoms. The number of nitrogens with two attached hydrogens (primary N) is 1. The van der Waals surface area contributed by atoms with E-state index in [9.17, 15) is 4.79 Å². The van der Waals surface area contributed by atoms with Crippen molar-refractivity contribution in [2.75, 3.05) is 17.6 Å². The number of nitrogen functional groups attached to an aromatic ring is 1. The molecule has 2 rings (SSSR count). The molecule has 0 aliphatic heterocycles. The van der Waals surface area contributed by atoms with Crippen molar-refractivity contribution < 1.29 is 4.79 Å². The summed E-state index contributed by atoms with van der Waals surface area (Å²) in [4.78, 5) is 12.0. The van der Waals surface area contributed by atoms with Gasteiger partial charge >= 0.3 is 0 Å². The number of hydrogen-bond acceptors (Lipinski definition) is 5. The Bertz CT molecular complexity index is 585. The number of nitrogens with zero attached hydrogens (tertiary/aromatic N) is 2. The molecule has 0 fully saturated rings. The van der Waals surface area contributed by atoms with Crippen LogP contribution in [0.5, 0.6) is 0 Å². The lowest BCUT2D eigenvalue weighted by atomic mass is 10.1. The summed E-state index contributed by atoms with van der Waals surface area (Å²) >= 11 is 0. The molecule has 6 heteroatoms. The zero-order chi connectivity index (χ0) is 14.4. The Kier molecular flexibility index (Phi) is 4.49. The van der Waals surface area contributed by atoms with Crippen molar-refractivity contribution >= 4 is 17.3 Å². The van der Waals surface area contributed by atoms with Crippen molar-refractivity contribution in [1.82, 2.24) is 15.5 Å². The van der Waals surface area contributed by atoms with E-state index in [2.05, 4.69) is 20.8 Å². The first-order chi connectivity index (χ1) is 9.70. The van der Waals surface area contributed by atoms with E-state index >= 15 is 0 Å². The monoisotopic (exact) mass is 271 g/mol. The third-order valence-electron chi connectivity index (χ3n) is 2.71. The summed E-state index contributed by atoms with van der Waals surface area (Å²) in [7, 11) is 0. The van der Waals surface area contributed by atoms with E-state index in [-0.39, 0.29) is 5.91 Å². The van der Waals surface area contributed by atoms with E-state index in [1.165, 1.54) is 0 Å². The smallest absolute Gasteiger partial charge is 0.253 e.